The molecule has 6 nitrogen and oxygen atoms in total. The molecule has 2 fully saturated rings. The van der Waals surface area contributed by atoms with E-state index in [1.165, 1.54) is 19.3 Å². The third-order valence-electron chi connectivity index (χ3n) is 7.07. The molecule has 2 aromatic rings. The summed E-state index contributed by atoms with van der Waals surface area (Å²) < 4.78 is 6.01. The van der Waals surface area contributed by atoms with E-state index in [2.05, 4.69) is 20.9 Å². The molecule has 0 unspecified atom stereocenters. The van der Waals surface area contributed by atoms with Crippen LogP contribution in [0.5, 0.6) is 11.5 Å². The summed E-state index contributed by atoms with van der Waals surface area (Å²) in [7, 11) is 0. The van der Waals surface area contributed by atoms with Crippen molar-refractivity contribution in [1.82, 2.24) is 9.80 Å². The molecule has 0 spiro atoms. The van der Waals surface area contributed by atoms with E-state index in [0.717, 1.165) is 68.1 Å². The summed E-state index contributed by atoms with van der Waals surface area (Å²) in [5.41, 5.74) is 8.39. The van der Waals surface area contributed by atoms with Crippen LogP contribution in [0.2, 0.25) is 0 Å². The lowest BCUT2D eigenvalue weighted by molar-refractivity contribution is -0.138. The van der Waals surface area contributed by atoms with Crippen LogP contribution in [0.15, 0.2) is 53.5 Å². The van der Waals surface area contributed by atoms with Gasteiger partial charge in [0.15, 0.2) is 5.96 Å². The molecule has 0 aromatic heterocycles. The molecule has 1 saturated carbocycles. The minimum atomic E-state index is 0.247. The molecule has 2 N–H and O–H groups in total. The van der Waals surface area contributed by atoms with Crippen LogP contribution < -0.4 is 10.5 Å². The highest BCUT2D eigenvalue weighted by Crippen LogP contribution is 2.34. The fraction of sp³-hybridized carbons (Fsp3) is 0.462. The predicted octanol–water partition coefficient (Wildman–Crippen LogP) is 4.81. The minimum absolute atomic E-state index is 0.247. The van der Waals surface area contributed by atoms with Crippen molar-refractivity contribution in [3.8, 4) is 11.5 Å². The number of nitrogens with zero attached hydrogens (tertiary/aromatic N) is 3. The summed E-state index contributed by atoms with van der Waals surface area (Å²) in [6, 6.07) is 16.1. The topological polar surface area (TPSA) is 71.2 Å². The molecule has 32 heavy (non-hydrogen) atoms. The van der Waals surface area contributed by atoms with E-state index in [4.69, 9.17) is 10.5 Å². The number of para-hydroxylation sites is 1. The van der Waals surface area contributed by atoms with Gasteiger partial charge in [-0.2, -0.15) is 0 Å². The van der Waals surface area contributed by atoms with Gasteiger partial charge in [-0.15, -0.1) is 0 Å². The number of rotatable bonds is 4. The van der Waals surface area contributed by atoms with E-state index < -0.39 is 0 Å². The van der Waals surface area contributed by atoms with E-state index in [1.54, 1.807) is 0 Å². The summed E-state index contributed by atoms with van der Waals surface area (Å²) in [4.78, 5) is 21.9. The Kier molecular flexibility index (Phi) is 6.02. The van der Waals surface area contributed by atoms with Crippen molar-refractivity contribution < 1.29 is 9.53 Å². The number of carbonyl (C=O) groups excluding carboxylic acids is 1. The van der Waals surface area contributed by atoms with Crippen LogP contribution in [-0.4, -0.2) is 40.8 Å². The first-order valence-corrected chi connectivity index (χ1v) is 11.9. The third-order valence-corrected chi connectivity index (χ3v) is 7.07. The zero-order valence-corrected chi connectivity index (χ0v) is 18.6. The second-order valence-electron chi connectivity index (χ2n) is 9.19. The molecule has 6 heteroatoms. The normalized spacial score (nSPS) is 19.9. The van der Waals surface area contributed by atoms with Gasteiger partial charge in [0.1, 0.15) is 11.5 Å². The molecule has 2 aliphatic heterocycles. The number of fused-ring (bicyclic) bond motifs is 1. The largest absolute Gasteiger partial charge is 0.457 e. The molecule has 168 valence electrons. The maximum Gasteiger partial charge on any atom is 0.225 e. The first-order chi connectivity index (χ1) is 15.7. The van der Waals surface area contributed by atoms with E-state index in [0.29, 0.717) is 17.9 Å². The van der Waals surface area contributed by atoms with Crippen molar-refractivity contribution in [2.24, 2.45) is 16.6 Å². The highest BCUT2D eigenvalue weighted by molar-refractivity contribution is 5.84. The number of likely N-dealkylation sites (tertiary alicyclic amines) is 1. The van der Waals surface area contributed by atoms with E-state index in [-0.39, 0.29) is 5.92 Å². The van der Waals surface area contributed by atoms with Crippen LogP contribution in [0.1, 0.15) is 50.5 Å². The van der Waals surface area contributed by atoms with E-state index >= 15 is 0 Å². The van der Waals surface area contributed by atoms with Crippen LogP contribution in [0.25, 0.3) is 0 Å². The van der Waals surface area contributed by atoms with Gasteiger partial charge in [0.25, 0.3) is 0 Å². The molecule has 0 atom stereocenters. The highest BCUT2D eigenvalue weighted by Gasteiger charge is 2.33. The van der Waals surface area contributed by atoms with Crippen LogP contribution in [-0.2, 0) is 11.3 Å². The van der Waals surface area contributed by atoms with Gasteiger partial charge in [0, 0.05) is 37.2 Å². The number of nitrogens with two attached hydrogens (primary N) is 1. The fourth-order valence-electron chi connectivity index (χ4n) is 5.26. The summed E-state index contributed by atoms with van der Waals surface area (Å²) >= 11 is 0. The third kappa shape index (κ3) is 4.45. The molecule has 2 heterocycles. The fourth-order valence-corrected chi connectivity index (χ4v) is 5.26. The van der Waals surface area contributed by atoms with Crippen molar-refractivity contribution >= 4 is 17.6 Å². The first kappa shape index (κ1) is 20.9. The molecule has 1 saturated heterocycles. The molecular formula is C26H32N4O2. The van der Waals surface area contributed by atoms with E-state index in [9.17, 15) is 4.79 Å². The van der Waals surface area contributed by atoms with Crippen LogP contribution in [0, 0.1) is 5.92 Å². The highest BCUT2D eigenvalue weighted by atomic mass is 16.5. The Labute approximate surface area is 190 Å². The van der Waals surface area contributed by atoms with Crippen molar-refractivity contribution in [1.29, 1.82) is 0 Å². The molecule has 3 aliphatic rings. The predicted molar refractivity (Wildman–Crippen MR) is 126 cm³/mol. The van der Waals surface area contributed by atoms with Gasteiger partial charge in [-0.3, -0.25) is 4.79 Å². The van der Waals surface area contributed by atoms with Crippen molar-refractivity contribution in [2.75, 3.05) is 13.1 Å². The second-order valence-corrected chi connectivity index (χ2v) is 9.19. The summed E-state index contributed by atoms with van der Waals surface area (Å²) in [6.07, 6.45) is 7.67. The zero-order valence-electron chi connectivity index (χ0n) is 18.6. The number of amides is 1. The average Bonchev–Trinajstić information content (AvgIpc) is 2.85. The number of piperidine rings is 1. The number of aliphatic imine (C=N–C) groups is 1. The quantitative estimate of drug-likeness (QED) is 0.752. The number of hydrogen-bond acceptors (Lipinski definition) is 5. The Bertz CT molecular complexity index is 977. The smallest absolute Gasteiger partial charge is 0.225 e. The van der Waals surface area contributed by atoms with Crippen molar-refractivity contribution in [2.45, 2.75) is 57.5 Å². The van der Waals surface area contributed by atoms with Gasteiger partial charge in [0.2, 0.25) is 5.91 Å². The first-order valence-electron chi connectivity index (χ1n) is 11.9. The number of carbonyl (C=O) groups is 1. The standard InChI is InChI=1S/C26H32N4O2/c27-26-28-24-12-11-23(32-22-9-5-2-6-10-22)17-20(24)18-30(26)21-13-15-29(16-14-21)25(31)19-7-3-1-4-8-19/h2,5-6,9-12,17,19,21H,1,3-4,7-8,13-16,18H2,(H2,27,28). The SMILES string of the molecule is NC1=Nc2ccc(Oc3ccccc3)cc2CN1C1CCN(C(=O)C2CCCCC2)CC1. The number of guanidine groups is 1. The number of benzene rings is 2. The van der Waals surface area contributed by atoms with Gasteiger partial charge in [0.05, 0.1) is 5.69 Å². The van der Waals surface area contributed by atoms with Gasteiger partial charge in [-0.05, 0) is 56.0 Å². The van der Waals surface area contributed by atoms with Crippen molar-refractivity contribution in [3.63, 3.8) is 0 Å². The summed E-state index contributed by atoms with van der Waals surface area (Å²) in [5.74, 6) is 2.82. The average molecular weight is 433 g/mol. The molecule has 1 aliphatic carbocycles. The van der Waals surface area contributed by atoms with Gasteiger partial charge >= 0.3 is 0 Å². The van der Waals surface area contributed by atoms with Crippen LogP contribution >= 0.6 is 0 Å². The minimum Gasteiger partial charge on any atom is -0.457 e. The summed E-state index contributed by atoms with van der Waals surface area (Å²) in [5, 5.41) is 0. The lowest BCUT2D eigenvalue weighted by atomic mass is 9.87. The Balaban J connectivity index is 1.23. The zero-order chi connectivity index (χ0) is 21.9. The molecule has 0 bridgehead atoms. The van der Waals surface area contributed by atoms with Gasteiger partial charge in [-0.25, -0.2) is 4.99 Å². The van der Waals surface area contributed by atoms with E-state index in [1.807, 2.05) is 42.5 Å². The molecule has 2 aromatic carbocycles. The van der Waals surface area contributed by atoms with Crippen LogP contribution in [0.3, 0.4) is 0 Å². The Hall–Kier alpha value is -3.02. The lowest BCUT2D eigenvalue weighted by Gasteiger charge is -2.41. The van der Waals surface area contributed by atoms with Crippen LogP contribution in [0.4, 0.5) is 5.69 Å². The Morgan fingerprint density at radius 3 is 2.44 bits per heavy atom. The van der Waals surface area contributed by atoms with Gasteiger partial charge < -0.3 is 20.3 Å². The molecular weight excluding hydrogens is 400 g/mol. The summed E-state index contributed by atoms with van der Waals surface area (Å²) in [6.45, 7) is 2.35. The molecule has 0 radical (unpaired) electrons. The second kappa shape index (κ2) is 9.23. The molecule has 5 rings (SSSR count). The van der Waals surface area contributed by atoms with Gasteiger partial charge in [-0.1, -0.05) is 37.5 Å². The Morgan fingerprint density at radius 1 is 0.938 bits per heavy atom. The monoisotopic (exact) mass is 432 g/mol. The van der Waals surface area contributed by atoms with Crippen molar-refractivity contribution in [3.05, 3.63) is 54.1 Å². The molecule has 1 amide bonds. The number of ether oxygens (including phenoxy) is 1. The lowest BCUT2D eigenvalue weighted by Crippen LogP contribution is -2.52. The maximum absolute atomic E-state index is 12.9. The maximum atomic E-state index is 12.9. The Morgan fingerprint density at radius 2 is 1.69 bits per heavy atom. The number of hydrogen-bond donors (Lipinski definition) is 1.